The van der Waals surface area contributed by atoms with Crippen molar-refractivity contribution >= 4 is 13.8 Å². The SMILES string of the molecule is BC(C)(CC(C)(C)C(N)C(=O)O)OC. The van der Waals surface area contributed by atoms with Crippen LogP contribution < -0.4 is 5.73 Å². The van der Waals surface area contributed by atoms with Crippen LogP contribution in [0.5, 0.6) is 0 Å². The lowest BCUT2D eigenvalue weighted by molar-refractivity contribution is -0.142. The summed E-state index contributed by atoms with van der Waals surface area (Å²) in [6.45, 7) is 5.60. The molecule has 0 aliphatic rings. The minimum atomic E-state index is -0.970. The second-order valence-electron chi connectivity index (χ2n) is 4.95. The van der Waals surface area contributed by atoms with Crippen molar-refractivity contribution < 1.29 is 14.6 Å². The highest BCUT2D eigenvalue weighted by atomic mass is 16.5. The molecule has 0 amide bonds. The van der Waals surface area contributed by atoms with Crippen LogP contribution in [0.3, 0.4) is 0 Å². The Kier molecular flexibility index (Phi) is 4.15. The average Bonchev–Trinajstić information content (AvgIpc) is 2.01. The van der Waals surface area contributed by atoms with Gasteiger partial charge in [-0.15, -0.1) is 0 Å². The second kappa shape index (κ2) is 4.32. The smallest absolute Gasteiger partial charge is 0.321 e. The molecule has 0 aromatic carbocycles. The van der Waals surface area contributed by atoms with E-state index in [1.807, 2.05) is 28.6 Å². The minimum absolute atomic E-state index is 0.351. The molecule has 0 saturated heterocycles. The molecule has 0 saturated carbocycles. The quantitative estimate of drug-likeness (QED) is 0.604. The number of hydrogen-bond donors (Lipinski definition) is 2. The molecular formula is C9H20BNO3. The summed E-state index contributed by atoms with van der Waals surface area (Å²) in [6, 6.07) is -0.864. The number of methoxy groups -OCH3 is 1. The van der Waals surface area contributed by atoms with Crippen molar-refractivity contribution in [3.05, 3.63) is 0 Å². The molecule has 0 aromatic rings. The lowest BCUT2D eigenvalue weighted by atomic mass is 9.68. The minimum Gasteiger partial charge on any atom is -0.480 e. The number of carboxylic acids is 1. The van der Waals surface area contributed by atoms with Gasteiger partial charge in [0.05, 0.1) is 0 Å². The Hall–Kier alpha value is -0.545. The van der Waals surface area contributed by atoms with Gasteiger partial charge in [0.25, 0.3) is 0 Å². The molecule has 2 atom stereocenters. The molecule has 0 rings (SSSR count). The third-order valence-corrected chi connectivity index (χ3v) is 2.54. The molecule has 0 aliphatic carbocycles. The van der Waals surface area contributed by atoms with Crippen LogP contribution in [-0.2, 0) is 9.53 Å². The normalized spacial score (nSPS) is 18.6. The summed E-state index contributed by atoms with van der Waals surface area (Å²) in [5.74, 6) is -0.970. The molecule has 0 radical (unpaired) electrons. The lowest BCUT2D eigenvalue weighted by Crippen LogP contribution is -2.48. The van der Waals surface area contributed by atoms with Crippen LogP contribution in [0.15, 0.2) is 0 Å². The summed E-state index contributed by atoms with van der Waals surface area (Å²) < 4.78 is 5.25. The number of ether oxygens (including phenoxy) is 1. The Morgan fingerprint density at radius 2 is 2.00 bits per heavy atom. The number of aliphatic carboxylic acids is 1. The highest BCUT2D eigenvalue weighted by Crippen LogP contribution is 2.30. The molecule has 0 spiro atoms. The first kappa shape index (κ1) is 13.5. The van der Waals surface area contributed by atoms with Crippen molar-refractivity contribution in [2.45, 2.75) is 38.7 Å². The van der Waals surface area contributed by atoms with Crippen LogP contribution in [0.4, 0.5) is 0 Å². The Bertz CT molecular complexity index is 216. The molecule has 0 heterocycles. The van der Waals surface area contributed by atoms with Gasteiger partial charge in [-0.05, 0) is 18.8 Å². The molecule has 0 aromatic heterocycles. The first-order valence-electron chi connectivity index (χ1n) is 4.66. The van der Waals surface area contributed by atoms with E-state index in [4.69, 9.17) is 15.6 Å². The average molecular weight is 201 g/mol. The van der Waals surface area contributed by atoms with Crippen molar-refractivity contribution in [2.24, 2.45) is 11.1 Å². The van der Waals surface area contributed by atoms with Crippen LogP contribution in [0.2, 0.25) is 0 Å². The van der Waals surface area contributed by atoms with Crippen LogP contribution in [-0.4, -0.2) is 37.6 Å². The third kappa shape index (κ3) is 3.68. The van der Waals surface area contributed by atoms with E-state index in [0.717, 1.165) is 0 Å². The molecule has 0 bridgehead atoms. The topological polar surface area (TPSA) is 72.6 Å². The van der Waals surface area contributed by atoms with Crippen molar-refractivity contribution in [1.29, 1.82) is 0 Å². The van der Waals surface area contributed by atoms with E-state index in [2.05, 4.69) is 0 Å². The Morgan fingerprint density at radius 1 is 1.57 bits per heavy atom. The molecule has 14 heavy (non-hydrogen) atoms. The van der Waals surface area contributed by atoms with Gasteiger partial charge >= 0.3 is 5.97 Å². The van der Waals surface area contributed by atoms with Gasteiger partial charge in [-0.1, -0.05) is 13.8 Å². The predicted octanol–water partition coefficient (Wildman–Crippen LogP) is -0.190. The Labute approximate surface area is 86.2 Å². The van der Waals surface area contributed by atoms with Gasteiger partial charge in [0.15, 0.2) is 0 Å². The number of nitrogens with two attached hydrogens (primary N) is 1. The maximum Gasteiger partial charge on any atom is 0.321 e. The van der Waals surface area contributed by atoms with Gasteiger partial charge in [-0.25, -0.2) is 0 Å². The van der Waals surface area contributed by atoms with Gasteiger partial charge < -0.3 is 15.6 Å². The monoisotopic (exact) mass is 201 g/mol. The van der Waals surface area contributed by atoms with E-state index in [9.17, 15) is 4.79 Å². The standard InChI is InChI=1S/C9H20BNO3/c1-8(2,6(11)7(12)13)5-9(3,10)14-4/h6H,5,10-11H2,1-4H3,(H,12,13). The fraction of sp³-hybridized carbons (Fsp3) is 0.889. The van der Waals surface area contributed by atoms with E-state index in [0.29, 0.717) is 6.42 Å². The second-order valence-corrected chi connectivity index (χ2v) is 4.95. The largest absolute Gasteiger partial charge is 0.480 e. The maximum atomic E-state index is 10.8. The van der Waals surface area contributed by atoms with Crippen LogP contribution >= 0.6 is 0 Å². The zero-order valence-corrected chi connectivity index (χ0v) is 9.63. The van der Waals surface area contributed by atoms with Crippen molar-refractivity contribution in [3.8, 4) is 0 Å². The van der Waals surface area contributed by atoms with Crippen molar-refractivity contribution in [2.75, 3.05) is 7.11 Å². The lowest BCUT2D eigenvalue weighted by Gasteiger charge is -2.36. The summed E-state index contributed by atoms with van der Waals surface area (Å²) in [6.07, 6.45) is 0.601. The van der Waals surface area contributed by atoms with E-state index < -0.39 is 17.4 Å². The highest BCUT2D eigenvalue weighted by molar-refractivity contribution is 6.14. The number of carbonyl (C=O) groups is 1. The van der Waals surface area contributed by atoms with Crippen LogP contribution in [0.1, 0.15) is 27.2 Å². The molecule has 82 valence electrons. The highest BCUT2D eigenvalue weighted by Gasteiger charge is 2.37. The summed E-state index contributed by atoms with van der Waals surface area (Å²) in [5.41, 5.74) is 4.77. The molecule has 4 nitrogen and oxygen atoms in total. The summed E-state index contributed by atoms with van der Waals surface area (Å²) >= 11 is 0. The third-order valence-electron chi connectivity index (χ3n) is 2.54. The first-order chi connectivity index (χ1) is 6.12. The molecule has 0 aliphatic heterocycles. The molecule has 5 heteroatoms. The number of rotatable bonds is 5. The van der Waals surface area contributed by atoms with Crippen LogP contribution in [0, 0.1) is 5.41 Å². The van der Waals surface area contributed by atoms with Gasteiger partial charge in [0.1, 0.15) is 13.9 Å². The Balaban J connectivity index is 4.56. The fourth-order valence-corrected chi connectivity index (χ4v) is 1.61. The van der Waals surface area contributed by atoms with Gasteiger partial charge in [-0.2, -0.15) is 0 Å². The van der Waals surface area contributed by atoms with E-state index in [-0.39, 0.29) is 5.50 Å². The van der Waals surface area contributed by atoms with Gasteiger partial charge in [0, 0.05) is 12.6 Å². The number of hydrogen-bond acceptors (Lipinski definition) is 3. The van der Waals surface area contributed by atoms with Gasteiger partial charge in [-0.3, -0.25) is 4.79 Å². The summed E-state index contributed by atoms with van der Waals surface area (Å²) in [7, 11) is 3.53. The zero-order chi connectivity index (χ0) is 11.6. The Morgan fingerprint density at radius 3 is 2.29 bits per heavy atom. The molecule has 3 N–H and O–H groups in total. The number of carboxylic acid groups (broad SMARTS) is 1. The zero-order valence-electron chi connectivity index (χ0n) is 9.63. The predicted molar refractivity (Wildman–Crippen MR) is 58.0 cm³/mol. The van der Waals surface area contributed by atoms with Gasteiger partial charge in [0.2, 0.25) is 0 Å². The van der Waals surface area contributed by atoms with E-state index >= 15 is 0 Å². The molecule has 0 fully saturated rings. The summed E-state index contributed by atoms with van der Waals surface area (Å²) in [4.78, 5) is 10.8. The molecular weight excluding hydrogens is 181 g/mol. The van der Waals surface area contributed by atoms with Crippen LogP contribution in [0.25, 0.3) is 0 Å². The summed E-state index contributed by atoms with van der Waals surface area (Å²) in [5, 5.41) is 8.82. The van der Waals surface area contributed by atoms with E-state index in [1.165, 1.54) is 0 Å². The maximum absolute atomic E-state index is 10.8. The first-order valence-corrected chi connectivity index (χ1v) is 4.66. The van der Waals surface area contributed by atoms with E-state index in [1.54, 1.807) is 7.11 Å². The molecule has 2 unspecified atom stereocenters. The fourth-order valence-electron chi connectivity index (χ4n) is 1.61. The van der Waals surface area contributed by atoms with Crippen molar-refractivity contribution in [3.63, 3.8) is 0 Å². The van der Waals surface area contributed by atoms with Crippen molar-refractivity contribution in [1.82, 2.24) is 0 Å².